The molecule has 1 unspecified atom stereocenters. The summed E-state index contributed by atoms with van der Waals surface area (Å²) in [5.74, 6) is 1.65. The molecule has 1 aromatic carbocycles. The Balaban J connectivity index is 1.66. The van der Waals surface area contributed by atoms with Crippen LogP contribution in [0.5, 0.6) is 5.75 Å². The lowest BCUT2D eigenvalue weighted by Crippen LogP contribution is -2.38. The van der Waals surface area contributed by atoms with Gasteiger partial charge in [-0.05, 0) is 57.8 Å². The van der Waals surface area contributed by atoms with Crippen LogP contribution < -0.4 is 15.4 Å². The molecule has 1 aliphatic rings. The first kappa shape index (κ1) is 22.5. The van der Waals surface area contributed by atoms with Crippen molar-refractivity contribution >= 4 is 11.6 Å². The number of hydrogen-bond acceptors (Lipinski definition) is 4. The highest BCUT2D eigenvalue weighted by Gasteiger charge is 2.16. The Morgan fingerprint density at radius 2 is 2.11 bits per heavy atom. The Kier molecular flexibility index (Phi) is 10.8. The number of nitrogens with zero attached hydrogens (tertiary/aromatic N) is 2. The van der Waals surface area contributed by atoms with Gasteiger partial charge in [0.05, 0.1) is 6.61 Å². The Labute approximate surface area is 170 Å². The van der Waals surface area contributed by atoms with E-state index < -0.39 is 0 Å². The van der Waals surface area contributed by atoms with Crippen LogP contribution in [0.4, 0.5) is 5.69 Å². The molecule has 0 aliphatic carbocycles. The van der Waals surface area contributed by atoms with Crippen molar-refractivity contribution in [3.8, 4) is 5.75 Å². The highest BCUT2D eigenvalue weighted by molar-refractivity contribution is 5.93. The van der Waals surface area contributed by atoms with Gasteiger partial charge in [-0.25, -0.2) is 0 Å². The molecule has 6 heteroatoms. The lowest BCUT2D eigenvalue weighted by molar-refractivity contribution is 0.158. The van der Waals surface area contributed by atoms with Gasteiger partial charge in [-0.15, -0.1) is 0 Å². The fourth-order valence-corrected chi connectivity index (χ4v) is 3.51. The van der Waals surface area contributed by atoms with Crippen molar-refractivity contribution in [2.45, 2.75) is 51.5 Å². The number of unbranched alkanes of at least 4 members (excludes halogenated alkanes) is 1. The predicted molar refractivity (Wildman–Crippen MR) is 118 cm³/mol. The van der Waals surface area contributed by atoms with Crippen molar-refractivity contribution in [1.82, 2.24) is 10.2 Å². The zero-order valence-corrected chi connectivity index (χ0v) is 17.9. The second-order valence-corrected chi connectivity index (χ2v) is 7.43. The Morgan fingerprint density at radius 3 is 2.89 bits per heavy atom. The zero-order chi connectivity index (χ0) is 20.0. The molecular formula is C22H38N4O2. The number of methoxy groups -OCH3 is 1. The standard InChI is InChI=1S/C22H38N4O2/c1-19-10-4-6-14-26(19)15-7-5-13-24-22(23-2)25-20-11-8-12-21(18-20)28-17-9-16-27-3/h8,11-12,18-19H,4-7,9-10,13-17H2,1-3H3,(H2,23,24,25). The smallest absolute Gasteiger partial charge is 0.195 e. The van der Waals surface area contributed by atoms with E-state index in [0.29, 0.717) is 13.2 Å². The summed E-state index contributed by atoms with van der Waals surface area (Å²) in [4.78, 5) is 6.96. The van der Waals surface area contributed by atoms with Crippen molar-refractivity contribution in [2.75, 3.05) is 52.3 Å². The maximum atomic E-state index is 5.76. The van der Waals surface area contributed by atoms with Crippen LogP contribution >= 0.6 is 0 Å². The van der Waals surface area contributed by atoms with Crippen molar-refractivity contribution in [3.63, 3.8) is 0 Å². The Morgan fingerprint density at radius 1 is 1.21 bits per heavy atom. The summed E-state index contributed by atoms with van der Waals surface area (Å²) in [6, 6.07) is 8.72. The maximum absolute atomic E-state index is 5.76. The summed E-state index contributed by atoms with van der Waals surface area (Å²) in [6.07, 6.45) is 7.35. The first-order valence-electron chi connectivity index (χ1n) is 10.7. The van der Waals surface area contributed by atoms with Crippen molar-refractivity contribution in [3.05, 3.63) is 24.3 Å². The number of hydrogen-bond donors (Lipinski definition) is 2. The molecule has 1 aromatic rings. The third-order valence-electron chi connectivity index (χ3n) is 5.19. The number of ether oxygens (including phenoxy) is 2. The molecule has 0 amide bonds. The number of piperidine rings is 1. The summed E-state index contributed by atoms with van der Waals surface area (Å²) in [5.41, 5.74) is 0.972. The third kappa shape index (κ3) is 8.48. The van der Waals surface area contributed by atoms with Gasteiger partial charge in [-0.2, -0.15) is 0 Å². The summed E-state index contributed by atoms with van der Waals surface area (Å²) in [6.45, 7) is 7.12. The van der Waals surface area contributed by atoms with Crippen LogP contribution in [0.2, 0.25) is 0 Å². The summed E-state index contributed by atoms with van der Waals surface area (Å²) in [5, 5.41) is 6.75. The second kappa shape index (κ2) is 13.4. The van der Waals surface area contributed by atoms with Crippen LogP contribution in [0.3, 0.4) is 0 Å². The second-order valence-electron chi connectivity index (χ2n) is 7.43. The molecule has 158 valence electrons. The zero-order valence-electron chi connectivity index (χ0n) is 17.9. The predicted octanol–water partition coefficient (Wildman–Crippen LogP) is 3.74. The van der Waals surface area contributed by atoms with E-state index in [2.05, 4.69) is 27.4 Å². The van der Waals surface area contributed by atoms with Crippen LogP contribution in [0.25, 0.3) is 0 Å². The molecule has 2 rings (SSSR count). The molecule has 28 heavy (non-hydrogen) atoms. The first-order chi connectivity index (χ1) is 13.7. The highest BCUT2D eigenvalue weighted by atomic mass is 16.5. The summed E-state index contributed by atoms with van der Waals surface area (Å²) >= 11 is 0. The highest BCUT2D eigenvalue weighted by Crippen LogP contribution is 2.18. The largest absolute Gasteiger partial charge is 0.493 e. The van der Waals surface area contributed by atoms with Gasteiger partial charge in [-0.3, -0.25) is 4.99 Å². The van der Waals surface area contributed by atoms with Crippen molar-refractivity contribution in [2.24, 2.45) is 4.99 Å². The number of aliphatic imine (C=N–C) groups is 1. The van der Waals surface area contributed by atoms with Crippen LogP contribution in [0.15, 0.2) is 29.3 Å². The van der Waals surface area contributed by atoms with Gasteiger partial charge < -0.3 is 25.0 Å². The molecular weight excluding hydrogens is 352 g/mol. The van der Waals surface area contributed by atoms with Crippen LogP contribution in [-0.2, 0) is 4.74 Å². The number of rotatable bonds is 11. The van der Waals surface area contributed by atoms with Gasteiger partial charge in [0.2, 0.25) is 0 Å². The molecule has 0 bridgehead atoms. The monoisotopic (exact) mass is 390 g/mol. The lowest BCUT2D eigenvalue weighted by atomic mass is 10.0. The van der Waals surface area contributed by atoms with E-state index in [9.17, 15) is 0 Å². The third-order valence-corrected chi connectivity index (χ3v) is 5.19. The molecule has 1 heterocycles. The van der Waals surface area contributed by atoms with Crippen LogP contribution in [0.1, 0.15) is 45.4 Å². The normalized spacial score (nSPS) is 18.1. The van der Waals surface area contributed by atoms with Crippen LogP contribution in [0, 0.1) is 0 Å². The fraction of sp³-hybridized carbons (Fsp3) is 0.682. The van der Waals surface area contributed by atoms with Gasteiger partial charge in [0.15, 0.2) is 5.96 Å². The molecule has 6 nitrogen and oxygen atoms in total. The minimum absolute atomic E-state index is 0.653. The number of benzene rings is 1. The van der Waals surface area contributed by atoms with Gasteiger partial charge in [0.25, 0.3) is 0 Å². The van der Waals surface area contributed by atoms with Gasteiger partial charge in [0, 0.05) is 51.5 Å². The minimum atomic E-state index is 0.653. The van der Waals surface area contributed by atoms with E-state index in [4.69, 9.17) is 9.47 Å². The SMILES string of the molecule is CN=C(NCCCCN1CCCCC1C)Nc1cccc(OCCCOC)c1. The topological polar surface area (TPSA) is 58.1 Å². The molecule has 1 fully saturated rings. The molecule has 1 aliphatic heterocycles. The van der Waals surface area contributed by atoms with Crippen molar-refractivity contribution in [1.29, 1.82) is 0 Å². The van der Waals surface area contributed by atoms with E-state index in [1.807, 2.05) is 24.3 Å². The average molecular weight is 391 g/mol. The number of nitrogens with one attached hydrogen (secondary N) is 2. The molecule has 0 saturated carbocycles. The van der Waals surface area contributed by atoms with Gasteiger partial charge >= 0.3 is 0 Å². The van der Waals surface area contributed by atoms with E-state index in [1.54, 1.807) is 14.2 Å². The molecule has 2 N–H and O–H groups in total. The molecule has 0 aromatic heterocycles. The number of anilines is 1. The molecule has 0 radical (unpaired) electrons. The minimum Gasteiger partial charge on any atom is -0.493 e. The maximum Gasteiger partial charge on any atom is 0.195 e. The van der Waals surface area contributed by atoms with Gasteiger partial charge in [-0.1, -0.05) is 12.5 Å². The van der Waals surface area contributed by atoms with E-state index in [1.165, 1.54) is 38.8 Å². The van der Waals surface area contributed by atoms with E-state index in [0.717, 1.165) is 42.8 Å². The van der Waals surface area contributed by atoms with E-state index in [-0.39, 0.29) is 0 Å². The summed E-state index contributed by atoms with van der Waals surface area (Å²) < 4.78 is 10.8. The van der Waals surface area contributed by atoms with Gasteiger partial charge in [0.1, 0.15) is 5.75 Å². The molecule has 0 spiro atoms. The molecule has 1 atom stereocenters. The lowest BCUT2D eigenvalue weighted by Gasteiger charge is -2.33. The first-order valence-corrected chi connectivity index (χ1v) is 10.7. The Hall–Kier alpha value is -1.79. The number of guanidine groups is 1. The fourth-order valence-electron chi connectivity index (χ4n) is 3.51. The summed E-state index contributed by atoms with van der Waals surface area (Å²) in [7, 11) is 3.51. The van der Waals surface area contributed by atoms with Crippen molar-refractivity contribution < 1.29 is 9.47 Å². The molecule has 1 saturated heterocycles. The Bertz CT molecular complexity index is 579. The average Bonchev–Trinajstić information content (AvgIpc) is 2.71. The quantitative estimate of drug-likeness (QED) is 0.342. The number of likely N-dealkylation sites (tertiary alicyclic amines) is 1. The van der Waals surface area contributed by atoms with E-state index >= 15 is 0 Å². The van der Waals surface area contributed by atoms with Crippen LogP contribution in [-0.4, -0.2) is 63.9 Å².